The second-order valence-electron chi connectivity index (χ2n) is 8.98. The van der Waals surface area contributed by atoms with Gasteiger partial charge in [-0.05, 0) is 55.9 Å². The molecule has 2 saturated carbocycles. The average molecular weight is 458 g/mol. The molecule has 0 bridgehead atoms. The fraction of sp³-hybridized carbons (Fsp3) is 0.591. The third-order valence-electron chi connectivity index (χ3n) is 7.20. The predicted molar refractivity (Wildman–Crippen MR) is 113 cm³/mol. The number of nitrogens with one attached hydrogen (secondary N) is 1. The van der Waals surface area contributed by atoms with Gasteiger partial charge >= 0.3 is 0 Å². The predicted octanol–water partition coefficient (Wildman–Crippen LogP) is 5.27. The maximum atomic E-state index is 13.6. The Bertz CT molecular complexity index is 883. The molecule has 1 amide bonds. The van der Waals surface area contributed by atoms with E-state index in [1.807, 2.05) is 6.08 Å². The molecule has 4 nitrogen and oxygen atoms in total. The molecule has 1 spiro atoms. The molecule has 0 aromatic heterocycles. The van der Waals surface area contributed by atoms with E-state index < -0.39 is 22.9 Å². The molecule has 0 saturated heterocycles. The van der Waals surface area contributed by atoms with Crippen LogP contribution in [0.2, 0.25) is 0 Å². The molecule has 4 aliphatic rings. The largest absolute Gasteiger partial charge is 0.325 e. The summed E-state index contributed by atoms with van der Waals surface area (Å²) < 4.78 is 47.7. The number of halogens is 3. The van der Waals surface area contributed by atoms with Gasteiger partial charge in [0.05, 0.1) is 15.6 Å². The zero-order valence-corrected chi connectivity index (χ0v) is 18.3. The number of alkyl halides is 2. The summed E-state index contributed by atoms with van der Waals surface area (Å²) in [6.45, 7) is 0.873. The van der Waals surface area contributed by atoms with Crippen molar-refractivity contribution in [2.45, 2.75) is 51.4 Å². The number of allylic oxidation sites excluding steroid dienone is 6. The van der Waals surface area contributed by atoms with Crippen molar-refractivity contribution < 1.29 is 22.3 Å². The first-order valence-electron chi connectivity index (χ1n) is 10.4. The van der Waals surface area contributed by atoms with Crippen LogP contribution in [0.25, 0.3) is 0 Å². The van der Waals surface area contributed by atoms with Crippen molar-refractivity contribution in [2.24, 2.45) is 29.1 Å². The lowest BCUT2D eigenvalue weighted by molar-refractivity contribution is -0.122. The zero-order valence-electron chi connectivity index (χ0n) is 16.7. The quantitative estimate of drug-likeness (QED) is 0.552. The average Bonchev–Trinajstić information content (AvgIpc) is 3.06. The minimum Gasteiger partial charge on any atom is -0.325 e. The molecule has 4 rings (SSSR count). The minimum absolute atomic E-state index is 0.0345. The van der Waals surface area contributed by atoms with Crippen LogP contribution in [0, 0.1) is 29.1 Å². The summed E-state index contributed by atoms with van der Waals surface area (Å²) in [4.78, 5) is 13.6. The highest BCUT2D eigenvalue weighted by Gasteiger charge is 2.69. The van der Waals surface area contributed by atoms with Crippen LogP contribution in [0.3, 0.4) is 0 Å². The molecule has 0 radical (unpaired) electrons. The van der Waals surface area contributed by atoms with Gasteiger partial charge in [0.25, 0.3) is 5.92 Å². The lowest BCUT2D eigenvalue weighted by Gasteiger charge is -2.24. The molecule has 4 aliphatic carbocycles. The Morgan fingerprint density at radius 1 is 1.30 bits per heavy atom. The molecular formula is C22H26ClF2NO3S. The van der Waals surface area contributed by atoms with Crippen molar-refractivity contribution in [3.05, 3.63) is 46.0 Å². The summed E-state index contributed by atoms with van der Waals surface area (Å²) in [6.07, 6.45) is 13.3. The standard InChI is InChI=1S/C22H26ClF2NO3S/c1-21(24,25)14-6-9-17(16(23)12-14)26-20(27)19-18(22(19)10-2-3-11-22)13-4-7-15(8-5-13)30(28)29/h4,7-9,12-14,18-19H,2-3,5-6,10-11H2,1H3,(H,26,27)(H,28,29). The molecule has 2 fully saturated rings. The number of carbonyl (C=O) groups is 1. The van der Waals surface area contributed by atoms with Gasteiger partial charge in [-0.25, -0.2) is 13.0 Å². The van der Waals surface area contributed by atoms with E-state index in [0.29, 0.717) is 17.0 Å². The summed E-state index contributed by atoms with van der Waals surface area (Å²) in [6, 6.07) is 0. The third kappa shape index (κ3) is 3.96. The molecule has 0 aromatic rings. The van der Waals surface area contributed by atoms with E-state index in [-0.39, 0.29) is 40.5 Å². The lowest BCUT2D eigenvalue weighted by Crippen LogP contribution is -2.30. The highest BCUT2D eigenvalue weighted by molar-refractivity contribution is 7.83. The molecule has 5 unspecified atom stereocenters. The fourth-order valence-electron chi connectivity index (χ4n) is 5.66. The number of hydrogen-bond donors (Lipinski definition) is 2. The Morgan fingerprint density at radius 3 is 2.53 bits per heavy atom. The normalized spacial score (nSPS) is 33.6. The van der Waals surface area contributed by atoms with Crippen molar-refractivity contribution in [2.75, 3.05) is 0 Å². The molecule has 8 heteroatoms. The van der Waals surface area contributed by atoms with Crippen molar-refractivity contribution in [3.8, 4) is 0 Å². The van der Waals surface area contributed by atoms with Crippen molar-refractivity contribution in [1.29, 1.82) is 0 Å². The van der Waals surface area contributed by atoms with Crippen LogP contribution in [0.1, 0.15) is 45.4 Å². The van der Waals surface area contributed by atoms with Crippen molar-refractivity contribution in [1.82, 2.24) is 5.32 Å². The van der Waals surface area contributed by atoms with Gasteiger partial charge in [0.2, 0.25) is 5.91 Å². The van der Waals surface area contributed by atoms with E-state index in [0.717, 1.165) is 32.6 Å². The summed E-state index contributed by atoms with van der Waals surface area (Å²) >= 11 is 4.21. The Kier molecular flexibility index (Phi) is 5.83. The van der Waals surface area contributed by atoms with Crippen LogP contribution in [0.15, 0.2) is 46.0 Å². The lowest BCUT2D eigenvalue weighted by atomic mass is 9.89. The minimum atomic E-state index is -2.86. The molecule has 5 atom stereocenters. The van der Waals surface area contributed by atoms with Crippen LogP contribution >= 0.6 is 11.6 Å². The summed E-state index contributed by atoms with van der Waals surface area (Å²) in [5, 5.41) is 3.06. The van der Waals surface area contributed by atoms with Gasteiger partial charge in [0, 0.05) is 11.8 Å². The maximum Gasteiger partial charge on any atom is 0.251 e. The van der Waals surface area contributed by atoms with Crippen LogP contribution in [-0.4, -0.2) is 20.6 Å². The van der Waals surface area contributed by atoms with E-state index in [2.05, 4.69) is 5.32 Å². The van der Waals surface area contributed by atoms with Gasteiger partial charge in [0.15, 0.2) is 11.1 Å². The Morgan fingerprint density at radius 2 is 2.00 bits per heavy atom. The highest BCUT2D eigenvalue weighted by Crippen LogP contribution is 2.71. The monoisotopic (exact) mass is 457 g/mol. The number of hydrogen-bond acceptors (Lipinski definition) is 2. The summed E-state index contributed by atoms with van der Waals surface area (Å²) in [5.74, 6) is -3.75. The van der Waals surface area contributed by atoms with Gasteiger partial charge in [-0.15, -0.1) is 0 Å². The molecule has 0 aliphatic heterocycles. The fourth-order valence-corrected chi connectivity index (χ4v) is 6.37. The van der Waals surface area contributed by atoms with Gasteiger partial charge in [-0.2, -0.15) is 0 Å². The second kappa shape index (κ2) is 7.99. The van der Waals surface area contributed by atoms with Crippen molar-refractivity contribution in [3.63, 3.8) is 0 Å². The van der Waals surface area contributed by atoms with Gasteiger partial charge < -0.3 is 9.87 Å². The Hall–Kier alpha value is -1.31. The number of rotatable bonds is 5. The smallest absolute Gasteiger partial charge is 0.251 e. The molecule has 0 heterocycles. The van der Waals surface area contributed by atoms with E-state index in [4.69, 9.17) is 11.6 Å². The zero-order chi connectivity index (χ0) is 21.7. The van der Waals surface area contributed by atoms with Crippen LogP contribution in [0.4, 0.5) is 8.78 Å². The SMILES string of the molecule is CC(F)(F)C1C=C(Cl)C(NC(=O)C2C(C3C=CC(S(=O)O)=CC3)C23CCCC3)=CC1. The van der Waals surface area contributed by atoms with Crippen LogP contribution in [0.5, 0.6) is 0 Å². The molecular weight excluding hydrogens is 432 g/mol. The Balaban J connectivity index is 1.46. The van der Waals surface area contributed by atoms with Gasteiger partial charge in [0.1, 0.15) is 0 Å². The molecule has 164 valence electrons. The summed E-state index contributed by atoms with van der Waals surface area (Å²) in [7, 11) is 0. The Labute approximate surface area is 182 Å². The summed E-state index contributed by atoms with van der Waals surface area (Å²) in [5.41, 5.74) is 0.380. The number of amides is 1. The van der Waals surface area contributed by atoms with E-state index in [1.54, 1.807) is 18.2 Å². The van der Waals surface area contributed by atoms with Crippen molar-refractivity contribution >= 4 is 28.6 Å². The van der Waals surface area contributed by atoms with E-state index in [9.17, 15) is 22.3 Å². The molecule has 0 aromatic carbocycles. The van der Waals surface area contributed by atoms with Gasteiger partial charge in [-0.3, -0.25) is 4.79 Å². The van der Waals surface area contributed by atoms with Gasteiger partial charge in [-0.1, -0.05) is 48.7 Å². The number of carbonyl (C=O) groups excluding carboxylic acids is 1. The second-order valence-corrected chi connectivity index (χ2v) is 10.4. The first-order valence-corrected chi connectivity index (χ1v) is 11.9. The topological polar surface area (TPSA) is 66.4 Å². The molecule has 30 heavy (non-hydrogen) atoms. The maximum absolute atomic E-state index is 13.6. The van der Waals surface area contributed by atoms with E-state index in [1.165, 1.54) is 6.08 Å². The third-order valence-corrected chi connectivity index (χ3v) is 8.24. The molecule has 2 N–H and O–H groups in total. The highest BCUT2D eigenvalue weighted by atomic mass is 35.5. The van der Waals surface area contributed by atoms with Crippen LogP contribution < -0.4 is 5.32 Å². The first kappa shape index (κ1) is 21.9. The van der Waals surface area contributed by atoms with Crippen LogP contribution in [-0.2, 0) is 15.9 Å². The van der Waals surface area contributed by atoms with E-state index >= 15 is 0 Å². The first-order chi connectivity index (χ1) is 14.1.